The van der Waals surface area contributed by atoms with E-state index in [9.17, 15) is 9.59 Å². The van der Waals surface area contributed by atoms with Gasteiger partial charge in [0, 0.05) is 34.3 Å². The Bertz CT molecular complexity index is 1140. The van der Waals surface area contributed by atoms with Gasteiger partial charge in [-0.3, -0.25) is 0 Å². The summed E-state index contributed by atoms with van der Waals surface area (Å²) in [5, 5.41) is 0.930. The van der Waals surface area contributed by atoms with E-state index in [-0.39, 0.29) is 11.6 Å². The Kier molecular flexibility index (Phi) is 4.34. The SMILES string of the molecule is COC(=O)c1ccc(N2COc3c(cc4c(C)c(C)c(=O)oc4c3C)C2)cc1. The van der Waals surface area contributed by atoms with E-state index in [1.165, 1.54) is 7.11 Å². The molecule has 0 spiro atoms. The van der Waals surface area contributed by atoms with Gasteiger partial charge in [0.25, 0.3) is 0 Å². The smallest absolute Gasteiger partial charge is 0.339 e. The summed E-state index contributed by atoms with van der Waals surface area (Å²) in [4.78, 5) is 25.8. The van der Waals surface area contributed by atoms with Crippen LogP contribution in [0.5, 0.6) is 5.75 Å². The predicted octanol–water partition coefficient (Wildman–Crippen LogP) is 3.86. The van der Waals surface area contributed by atoms with Crippen LogP contribution in [0, 0.1) is 20.8 Å². The summed E-state index contributed by atoms with van der Waals surface area (Å²) in [7, 11) is 1.37. The standard InChI is InChI=1S/C22H21NO5/c1-12-13(2)21(24)28-20-14(3)19-16(9-18(12)20)10-23(11-27-19)17-7-5-15(6-8-17)22(25)26-4/h5-9H,10-11H2,1-4H3. The molecule has 2 heterocycles. The number of aryl methyl sites for hydroxylation is 2. The molecule has 1 aromatic heterocycles. The van der Waals surface area contributed by atoms with Gasteiger partial charge in [0.2, 0.25) is 0 Å². The third kappa shape index (κ3) is 2.81. The summed E-state index contributed by atoms with van der Waals surface area (Å²) in [5.41, 5.74) is 5.16. The summed E-state index contributed by atoms with van der Waals surface area (Å²) < 4.78 is 16.3. The largest absolute Gasteiger partial charge is 0.472 e. The van der Waals surface area contributed by atoms with Gasteiger partial charge < -0.3 is 18.8 Å². The third-order valence-electron chi connectivity index (χ3n) is 5.38. The van der Waals surface area contributed by atoms with Crippen LogP contribution < -0.4 is 15.3 Å². The van der Waals surface area contributed by atoms with Gasteiger partial charge in [-0.2, -0.15) is 0 Å². The van der Waals surface area contributed by atoms with Crippen LogP contribution in [-0.4, -0.2) is 19.8 Å². The normalized spacial score (nSPS) is 13.2. The average Bonchev–Trinajstić information content (AvgIpc) is 2.72. The van der Waals surface area contributed by atoms with Crippen molar-refractivity contribution in [2.24, 2.45) is 0 Å². The van der Waals surface area contributed by atoms with Crippen LogP contribution in [0.25, 0.3) is 11.0 Å². The van der Waals surface area contributed by atoms with Gasteiger partial charge in [-0.25, -0.2) is 9.59 Å². The van der Waals surface area contributed by atoms with Crippen molar-refractivity contribution >= 4 is 22.6 Å². The number of carbonyl (C=O) groups is 1. The molecule has 0 saturated heterocycles. The van der Waals surface area contributed by atoms with Gasteiger partial charge in [0.05, 0.1) is 12.7 Å². The second-order valence-electron chi connectivity index (χ2n) is 7.02. The molecular formula is C22H21NO5. The first kappa shape index (κ1) is 18.1. The Morgan fingerprint density at radius 1 is 1.07 bits per heavy atom. The van der Waals surface area contributed by atoms with E-state index in [2.05, 4.69) is 4.90 Å². The number of ether oxygens (including phenoxy) is 2. The van der Waals surface area contributed by atoms with Gasteiger partial charge in [0.1, 0.15) is 11.3 Å². The lowest BCUT2D eigenvalue weighted by Gasteiger charge is -2.32. The molecular weight excluding hydrogens is 358 g/mol. The number of anilines is 1. The number of benzene rings is 2. The van der Waals surface area contributed by atoms with Crippen molar-refractivity contribution in [3.63, 3.8) is 0 Å². The second-order valence-corrected chi connectivity index (χ2v) is 7.02. The van der Waals surface area contributed by atoms with E-state index in [0.29, 0.717) is 30.0 Å². The first-order valence-corrected chi connectivity index (χ1v) is 9.03. The second kappa shape index (κ2) is 6.71. The Labute approximate surface area is 162 Å². The van der Waals surface area contributed by atoms with Gasteiger partial charge in [-0.15, -0.1) is 0 Å². The first-order chi connectivity index (χ1) is 13.4. The number of methoxy groups -OCH3 is 1. The van der Waals surface area contributed by atoms with E-state index in [1.54, 1.807) is 19.1 Å². The van der Waals surface area contributed by atoms with E-state index < -0.39 is 0 Å². The highest BCUT2D eigenvalue weighted by atomic mass is 16.5. The first-order valence-electron chi connectivity index (χ1n) is 9.03. The van der Waals surface area contributed by atoms with E-state index in [0.717, 1.165) is 33.5 Å². The molecule has 0 saturated carbocycles. The molecule has 0 unspecified atom stereocenters. The van der Waals surface area contributed by atoms with Crippen LogP contribution in [-0.2, 0) is 11.3 Å². The monoisotopic (exact) mass is 379 g/mol. The fourth-order valence-electron chi connectivity index (χ4n) is 3.59. The molecule has 6 nitrogen and oxygen atoms in total. The zero-order chi connectivity index (χ0) is 20.0. The topological polar surface area (TPSA) is 69.0 Å². The molecule has 0 aliphatic carbocycles. The van der Waals surface area contributed by atoms with Crippen molar-refractivity contribution in [3.8, 4) is 5.75 Å². The minimum absolute atomic E-state index is 0.309. The number of esters is 1. The maximum atomic E-state index is 12.1. The molecule has 6 heteroatoms. The van der Waals surface area contributed by atoms with Crippen molar-refractivity contribution in [2.45, 2.75) is 27.3 Å². The molecule has 0 bridgehead atoms. The molecule has 0 N–H and O–H groups in total. The Morgan fingerprint density at radius 3 is 2.46 bits per heavy atom. The maximum Gasteiger partial charge on any atom is 0.339 e. The van der Waals surface area contributed by atoms with Crippen molar-refractivity contribution in [2.75, 3.05) is 18.7 Å². The van der Waals surface area contributed by atoms with Crippen molar-refractivity contribution < 1.29 is 18.7 Å². The van der Waals surface area contributed by atoms with Gasteiger partial charge in [-0.1, -0.05) is 0 Å². The lowest BCUT2D eigenvalue weighted by Crippen LogP contribution is -2.32. The maximum absolute atomic E-state index is 12.1. The summed E-state index contributed by atoms with van der Waals surface area (Å²) >= 11 is 0. The van der Waals surface area contributed by atoms with Gasteiger partial charge in [-0.05, 0) is 56.7 Å². The van der Waals surface area contributed by atoms with Gasteiger partial charge in [0.15, 0.2) is 6.73 Å². The van der Waals surface area contributed by atoms with E-state index >= 15 is 0 Å². The van der Waals surface area contributed by atoms with E-state index in [4.69, 9.17) is 13.9 Å². The molecule has 3 aromatic rings. The fraction of sp³-hybridized carbons (Fsp3) is 0.273. The van der Waals surface area contributed by atoms with Gasteiger partial charge >= 0.3 is 11.6 Å². The van der Waals surface area contributed by atoms with Crippen LogP contribution in [0.4, 0.5) is 5.69 Å². The van der Waals surface area contributed by atoms with Crippen molar-refractivity contribution in [1.82, 2.24) is 0 Å². The van der Waals surface area contributed by atoms with Crippen LogP contribution in [0.1, 0.15) is 32.6 Å². The van der Waals surface area contributed by atoms with Crippen molar-refractivity contribution in [1.29, 1.82) is 0 Å². The molecule has 144 valence electrons. The lowest BCUT2D eigenvalue weighted by molar-refractivity contribution is 0.0600. The average molecular weight is 379 g/mol. The minimum Gasteiger partial charge on any atom is -0.472 e. The molecule has 28 heavy (non-hydrogen) atoms. The number of hydrogen-bond donors (Lipinski definition) is 0. The quantitative estimate of drug-likeness (QED) is 0.497. The van der Waals surface area contributed by atoms with Crippen molar-refractivity contribution in [3.05, 3.63) is 68.6 Å². The highest BCUT2D eigenvalue weighted by Crippen LogP contribution is 2.37. The van der Waals surface area contributed by atoms with Crippen LogP contribution in [0.15, 0.2) is 39.5 Å². The highest BCUT2D eigenvalue weighted by molar-refractivity contribution is 5.90. The zero-order valence-electron chi connectivity index (χ0n) is 16.3. The Hall–Kier alpha value is -3.28. The minimum atomic E-state index is -0.360. The summed E-state index contributed by atoms with van der Waals surface area (Å²) in [5.74, 6) is 0.405. The molecule has 2 aromatic carbocycles. The van der Waals surface area contributed by atoms with Crippen LogP contribution in [0.2, 0.25) is 0 Å². The highest BCUT2D eigenvalue weighted by Gasteiger charge is 2.23. The summed E-state index contributed by atoms with van der Waals surface area (Å²) in [6, 6.07) is 9.28. The van der Waals surface area contributed by atoms with E-state index in [1.807, 2.05) is 32.0 Å². The number of rotatable bonds is 2. The van der Waals surface area contributed by atoms with Crippen LogP contribution >= 0.6 is 0 Å². The number of hydrogen-bond acceptors (Lipinski definition) is 6. The molecule has 0 fully saturated rings. The molecule has 0 radical (unpaired) electrons. The Balaban J connectivity index is 1.73. The fourth-order valence-corrected chi connectivity index (χ4v) is 3.59. The molecule has 1 aliphatic rings. The third-order valence-corrected chi connectivity index (χ3v) is 5.38. The van der Waals surface area contributed by atoms with Crippen LogP contribution in [0.3, 0.4) is 0 Å². The predicted molar refractivity (Wildman–Crippen MR) is 106 cm³/mol. The number of fused-ring (bicyclic) bond motifs is 2. The molecule has 0 atom stereocenters. The zero-order valence-corrected chi connectivity index (χ0v) is 16.3. The number of nitrogens with zero attached hydrogens (tertiary/aromatic N) is 1. The summed E-state index contributed by atoms with van der Waals surface area (Å²) in [6.45, 7) is 6.65. The summed E-state index contributed by atoms with van der Waals surface area (Å²) in [6.07, 6.45) is 0. The number of carbonyl (C=O) groups excluding carboxylic acids is 1. The molecule has 1 aliphatic heterocycles. The molecule has 4 rings (SSSR count). The Morgan fingerprint density at radius 2 is 1.79 bits per heavy atom. The molecule has 0 amide bonds. The lowest BCUT2D eigenvalue weighted by atomic mass is 9.99.